The van der Waals surface area contributed by atoms with Crippen LogP contribution in [-0.2, 0) is 14.1 Å². The summed E-state index contributed by atoms with van der Waals surface area (Å²) < 4.78 is 3.22. The molecule has 0 aliphatic rings. The van der Waals surface area contributed by atoms with Crippen LogP contribution in [0.5, 0.6) is 0 Å². The van der Waals surface area contributed by atoms with Crippen molar-refractivity contribution >= 4 is 34.4 Å². The number of amides is 1. The molecule has 30 heavy (non-hydrogen) atoms. The molecule has 1 aromatic heterocycles. The maximum Gasteiger partial charge on any atom is 0.328 e. The van der Waals surface area contributed by atoms with Gasteiger partial charge < -0.3 is 5.32 Å². The van der Waals surface area contributed by atoms with E-state index in [1.165, 1.54) is 5.56 Å². The van der Waals surface area contributed by atoms with E-state index in [2.05, 4.69) is 29.6 Å². The summed E-state index contributed by atoms with van der Waals surface area (Å²) in [6, 6.07) is 19.5. The molecule has 0 aliphatic carbocycles. The molecule has 152 valence electrons. The molecule has 0 radical (unpaired) electrons. The largest absolute Gasteiger partial charge is 0.328 e. The summed E-state index contributed by atoms with van der Waals surface area (Å²) >= 11 is 1.56. The molecule has 5 nitrogen and oxygen atoms in total. The van der Waals surface area contributed by atoms with Crippen molar-refractivity contribution in [3.63, 3.8) is 0 Å². The number of aromatic nitrogens is 2. The second-order valence-electron chi connectivity index (χ2n) is 7.47. The molecular weight excluding hydrogens is 394 g/mol. The van der Waals surface area contributed by atoms with Crippen LogP contribution in [0.25, 0.3) is 11.0 Å². The minimum atomic E-state index is -0.180. The lowest BCUT2D eigenvalue weighted by Gasteiger charge is -2.13. The molecule has 0 bridgehead atoms. The van der Waals surface area contributed by atoms with Crippen molar-refractivity contribution in [2.45, 2.75) is 23.6 Å². The standard InChI is InChI=1S/C24H23N3O2S/c1-15-5-9-17(10-6-15)23(28)25-19-13-20-21(27(4)24(29)26(20)3)14-22(19)30-18-11-7-16(2)8-12-18/h5-14H,1-4H3,(H,25,28). The Bertz CT molecular complexity index is 1300. The number of fused-ring (bicyclic) bond motifs is 1. The molecule has 1 N–H and O–H groups in total. The quantitative estimate of drug-likeness (QED) is 0.514. The summed E-state index contributed by atoms with van der Waals surface area (Å²) in [4.78, 5) is 27.2. The Balaban J connectivity index is 1.79. The van der Waals surface area contributed by atoms with Crippen LogP contribution in [0.2, 0.25) is 0 Å². The van der Waals surface area contributed by atoms with Crippen LogP contribution in [0.15, 0.2) is 75.2 Å². The number of hydrogen-bond acceptors (Lipinski definition) is 3. The zero-order chi connectivity index (χ0) is 21.4. The normalized spacial score (nSPS) is 11.1. The summed E-state index contributed by atoms with van der Waals surface area (Å²) in [5.74, 6) is -0.180. The van der Waals surface area contributed by atoms with Gasteiger partial charge >= 0.3 is 5.69 Å². The van der Waals surface area contributed by atoms with Crippen LogP contribution >= 0.6 is 11.8 Å². The summed E-state index contributed by atoms with van der Waals surface area (Å²) in [5.41, 5.74) is 5.06. The van der Waals surface area contributed by atoms with Gasteiger partial charge in [-0.25, -0.2) is 4.79 Å². The van der Waals surface area contributed by atoms with E-state index in [-0.39, 0.29) is 11.6 Å². The first-order valence-electron chi connectivity index (χ1n) is 9.65. The smallest absolute Gasteiger partial charge is 0.321 e. The lowest BCUT2D eigenvalue weighted by molar-refractivity contribution is 0.102. The van der Waals surface area contributed by atoms with Gasteiger partial charge in [0, 0.05) is 29.4 Å². The molecular formula is C24H23N3O2S. The highest BCUT2D eigenvalue weighted by molar-refractivity contribution is 7.99. The number of benzene rings is 3. The monoisotopic (exact) mass is 417 g/mol. The van der Waals surface area contributed by atoms with Crippen LogP contribution in [-0.4, -0.2) is 15.0 Å². The summed E-state index contributed by atoms with van der Waals surface area (Å²) in [6.07, 6.45) is 0. The van der Waals surface area contributed by atoms with E-state index in [0.29, 0.717) is 11.3 Å². The molecule has 0 unspecified atom stereocenters. The molecule has 0 atom stereocenters. The average Bonchev–Trinajstić information content (AvgIpc) is 2.94. The van der Waals surface area contributed by atoms with Gasteiger partial charge in [0.05, 0.1) is 16.7 Å². The Morgan fingerprint density at radius 1 is 0.833 bits per heavy atom. The lowest BCUT2D eigenvalue weighted by Crippen LogP contribution is -2.19. The molecule has 0 saturated heterocycles. The van der Waals surface area contributed by atoms with Crippen molar-refractivity contribution in [2.75, 3.05) is 5.32 Å². The Kier molecular flexibility index (Phi) is 5.26. The molecule has 3 aromatic carbocycles. The second kappa shape index (κ2) is 7.88. The first kappa shape index (κ1) is 20.0. The van der Waals surface area contributed by atoms with Crippen LogP contribution < -0.4 is 11.0 Å². The second-order valence-corrected chi connectivity index (χ2v) is 8.59. The van der Waals surface area contributed by atoms with E-state index in [9.17, 15) is 9.59 Å². The SMILES string of the molecule is Cc1ccc(Sc2cc3c(cc2NC(=O)c2ccc(C)cc2)n(C)c(=O)n3C)cc1. The Hall–Kier alpha value is -3.25. The Labute approximate surface area is 179 Å². The maximum atomic E-state index is 12.9. The molecule has 1 amide bonds. The van der Waals surface area contributed by atoms with Crippen molar-refractivity contribution in [2.24, 2.45) is 14.1 Å². The number of anilines is 1. The van der Waals surface area contributed by atoms with Crippen molar-refractivity contribution in [1.82, 2.24) is 9.13 Å². The van der Waals surface area contributed by atoms with Crippen molar-refractivity contribution in [3.05, 3.63) is 87.8 Å². The first-order valence-corrected chi connectivity index (χ1v) is 10.5. The van der Waals surface area contributed by atoms with Crippen LogP contribution in [0, 0.1) is 13.8 Å². The van der Waals surface area contributed by atoms with Crippen molar-refractivity contribution in [3.8, 4) is 0 Å². The molecule has 4 aromatic rings. The van der Waals surface area contributed by atoms with Gasteiger partial charge in [0.25, 0.3) is 5.91 Å². The van der Waals surface area contributed by atoms with Gasteiger partial charge in [0.15, 0.2) is 0 Å². The highest BCUT2D eigenvalue weighted by atomic mass is 32.2. The Morgan fingerprint density at radius 3 is 1.97 bits per heavy atom. The molecule has 0 spiro atoms. The van der Waals surface area contributed by atoms with Crippen molar-refractivity contribution < 1.29 is 4.79 Å². The number of rotatable bonds is 4. The van der Waals surface area contributed by atoms with Crippen LogP contribution in [0.1, 0.15) is 21.5 Å². The van der Waals surface area contributed by atoms with E-state index >= 15 is 0 Å². The Morgan fingerprint density at radius 2 is 1.37 bits per heavy atom. The van der Waals surface area contributed by atoms with Gasteiger partial charge in [-0.2, -0.15) is 0 Å². The van der Waals surface area contributed by atoms with E-state index in [0.717, 1.165) is 26.4 Å². The van der Waals surface area contributed by atoms with E-state index < -0.39 is 0 Å². The predicted octanol–water partition coefficient (Wildman–Crippen LogP) is 4.90. The average molecular weight is 418 g/mol. The van der Waals surface area contributed by atoms with Crippen molar-refractivity contribution in [1.29, 1.82) is 0 Å². The highest BCUT2D eigenvalue weighted by Gasteiger charge is 2.16. The van der Waals surface area contributed by atoms with E-state index in [4.69, 9.17) is 0 Å². The topological polar surface area (TPSA) is 56.0 Å². The number of imidazole rings is 1. The third-order valence-corrected chi connectivity index (χ3v) is 6.25. The molecule has 0 aliphatic heterocycles. The van der Waals surface area contributed by atoms with E-state index in [1.807, 2.05) is 50.2 Å². The summed E-state index contributed by atoms with van der Waals surface area (Å²) in [7, 11) is 3.50. The van der Waals surface area contributed by atoms with Gasteiger partial charge in [-0.1, -0.05) is 47.2 Å². The molecule has 6 heteroatoms. The lowest BCUT2D eigenvalue weighted by atomic mass is 10.1. The number of nitrogens with zero attached hydrogens (tertiary/aromatic N) is 2. The number of nitrogens with one attached hydrogen (secondary N) is 1. The molecule has 4 rings (SSSR count). The number of carbonyl (C=O) groups excluding carboxylic acids is 1. The summed E-state index contributed by atoms with van der Waals surface area (Å²) in [5, 5.41) is 3.04. The maximum absolute atomic E-state index is 12.9. The van der Waals surface area contributed by atoms with Crippen LogP contribution in [0.4, 0.5) is 5.69 Å². The minimum absolute atomic E-state index is 0.0988. The number of carbonyl (C=O) groups is 1. The van der Waals surface area contributed by atoms with Gasteiger partial charge in [-0.05, 0) is 50.2 Å². The summed E-state index contributed by atoms with van der Waals surface area (Å²) in [6.45, 7) is 4.04. The van der Waals surface area contributed by atoms with Gasteiger partial charge in [0.2, 0.25) is 0 Å². The fourth-order valence-corrected chi connectivity index (χ4v) is 4.26. The number of aryl methyl sites for hydroxylation is 4. The van der Waals surface area contributed by atoms with Gasteiger partial charge in [0.1, 0.15) is 0 Å². The number of hydrogen-bond donors (Lipinski definition) is 1. The highest BCUT2D eigenvalue weighted by Crippen LogP contribution is 2.36. The third-order valence-electron chi connectivity index (χ3n) is 5.18. The van der Waals surface area contributed by atoms with E-state index in [1.54, 1.807) is 35.0 Å². The molecule has 1 heterocycles. The molecule has 0 fully saturated rings. The zero-order valence-corrected chi connectivity index (χ0v) is 18.2. The minimum Gasteiger partial charge on any atom is -0.321 e. The fraction of sp³-hybridized carbons (Fsp3) is 0.167. The zero-order valence-electron chi connectivity index (χ0n) is 17.4. The third kappa shape index (κ3) is 3.78. The first-order chi connectivity index (χ1) is 14.3. The molecule has 0 saturated carbocycles. The van der Waals surface area contributed by atoms with Crippen LogP contribution in [0.3, 0.4) is 0 Å². The van der Waals surface area contributed by atoms with Gasteiger partial charge in [-0.3, -0.25) is 13.9 Å². The predicted molar refractivity (Wildman–Crippen MR) is 123 cm³/mol. The fourth-order valence-electron chi connectivity index (χ4n) is 3.34. The van der Waals surface area contributed by atoms with Gasteiger partial charge in [-0.15, -0.1) is 0 Å².